The molecule has 1 aliphatic rings. The van der Waals surface area contributed by atoms with Gasteiger partial charge in [-0.3, -0.25) is 14.4 Å². The highest BCUT2D eigenvalue weighted by Gasteiger charge is 2.40. The van der Waals surface area contributed by atoms with Crippen molar-refractivity contribution < 1.29 is 19.1 Å². The van der Waals surface area contributed by atoms with E-state index in [1.807, 2.05) is 6.92 Å². The largest absolute Gasteiger partial charge is 0.494 e. The zero-order valence-electron chi connectivity index (χ0n) is 14.9. The van der Waals surface area contributed by atoms with E-state index in [-0.39, 0.29) is 11.8 Å². The third-order valence-corrected chi connectivity index (χ3v) is 4.28. The zero-order valence-corrected chi connectivity index (χ0v) is 14.9. The highest BCUT2D eigenvalue weighted by Crippen LogP contribution is 2.24. The monoisotopic (exact) mass is 347 g/mol. The molecule has 25 heavy (non-hydrogen) atoms. The number of carbonyl (C=O) groups excluding carboxylic acids is 3. The molecular formula is C18H25N3O4. The predicted octanol–water partition coefficient (Wildman–Crippen LogP) is 1.35. The fourth-order valence-corrected chi connectivity index (χ4v) is 2.61. The Labute approximate surface area is 147 Å². The molecular weight excluding hydrogens is 322 g/mol. The second-order valence-corrected chi connectivity index (χ2v) is 6.47. The smallest absolute Gasteiger partial charge is 0.239 e. The second-order valence-electron chi connectivity index (χ2n) is 6.47. The minimum absolute atomic E-state index is 0.235. The molecule has 0 saturated carbocycles. The maximum absolute atomic E-state index is 12.7. The van der Waals surface area contributed by atoms with Gasteiger partial charge in [0.1, 0.15) is 11.2 Å². The molecule has 1 N–H and O–H groups in total. The Kier molecular flexibility index (Phi) is 6.01. The Hall–Kier alpha value is -2.57. The van der Waals surface area contributed by atoms with Crippen LogP contribution in [0.3, 0.4) is 0 Å². The molecule has 0 radical (unpaired) electrons. The molecule has 136 valence electrons. The third kappa shape index (κ3) is 4.49. The summed E-state index contributed by atoms with van der Waals surface area (Å²) < 4.78 is 5.37. The van der Waals surface area contributed by atoms with E-state index in [1.165, 1.54) is 0 Å². The molecule has 1 aromatic carbocycles. The lowest BCUT2D eigenvalue weighted by molar-refractivity contribution is -0.148. The predicted molar refractivity (Wildman–Crippen MR) is 94.2 cm³/mol. The number of benzene rings is 1. The summed E-state index contributed by atoms with van der Waals surface area (Å²) in [6.07, 6.45) is 0.783. The first-order chi connectivity index (χ1) is 11.9. The van der Waals surface area contributed by atoms with Crippen LogP contribution >= 0.6 is 0 Å². The summed E-state index contributed by atoms with van der Waals surface area (Å²) in [7, 11) is 0. The van der Waals surface area contributed by atoms with Gasteiger partial charge in [0.15, 0.2) is 0 Å². The third-order valence-electron chi connectivity index (χ3n) is 4.28. The number of ether oxygens (including phenoxy) is 1. The number of nitrogens with one attached hydrogen (secondary N) is 1. The van der Waals surface area contributed by atoms with Crippen LogP contribution in [0.5, 0.6) is 5.75 Å². The van der Waals surface area contributed by atoms with E-state index in [0.717, 1.165) is 12.2 Å². The van der Waals surface area contributed by atoms with Crippen molar-refractivity contribution in [1.29, 1.82) is 0 Å². The van der Waals surface area contributed by atoms with Crippen LogP contribution < -0.4 is 10.1 Å². The number of nitrogens with zero attached hydrogens (tertiary/aromatic N) is 2. The van der Waals surface area contributed by atoms with E-state index in [0.29, 0.717) is 38.5 Å². The van der Waals surface area contributed by atoms with E-state index in [1.54, 1.807) is 47.9 Å². The zero-order chi connectivity index (χ0) is 18.4. The van der Waals surface area contributed by atoms with Gasteiger partial charge in [-0.2, -0.15) is 0 Å². The van der Waals surface area contributed by atoms with Gasteiger partial charge in [-0.05, 0) is 45.0 Å². The van der Waals surface area contributed by atoms with Gasteiger partial charge < -0.3 is 19.9 Å². The lowest BCUT2D eigenvalue weighted by Crippen LogP contribution is -2.54. The average molecular weight is 347 g/mol. The Morgan fingerprint density at radius 3 is 2.28 bits per heavy atom. The van der Waals surface area contributed by atoms with Crippen LogP contribution in [0.25, 0.3) is 0 Å². The molecule has 0 bridgehead atoms. The van der Waals surface area contributed by atoms with Crippen LogP contribution in [0.15, 0.2) is 24.3 Å². The molecule has 7 nitrogen and oxygen atoms in total. The molecule has 1 aliphatic heterocycles. The summed E-state index contributed by atoms with van der Waals surface area (Å²) in [5, 5.41) is 2.78. The maximum atomic E-state index is 12.7. The molecule has 0 atom stereocenters. The number of piperazine rings is 1. The first-order valence-electron chi connectivity index (χ1n) is 8.41. The van der Waals surface area contributed by atoms with Crippen LogP contribution in [0.4, 0.5) is 5.69 Å². The van der Waals surface area contributed by atoms with Crippen LogP contribution in [-0.4, -0.2) is 60.8 Å². The van der Waals surface area contributed by atoms with E-state index < -0.39 is 5.41 Å². The molecule has 0 spiro atoms. The molecule has 0 unspecified atom stereocenters. The van der Waals surface area contributed by atoms with Crippen molar-refractivity contribution in [3.05, 3.63) is 24.3 Å². The molecule has 7 heteroatoms. The topological polar surface area (TPSA) is 79.0 Å². The van der Waals surface area contributed by atoms with Crippen molar-refractivity contribution in [3.8, 4) is 5.75 Å². The van der Waals surface area contributed by atoms with Crippen LogP contribution in [0.2, 0.25) is 0 Å². The summed E-state index contributed by atoms with van der Waals surface area (Å²) in [4.78, 5) is 39.3. The number of amides is 3. The molecule has 2 rings (SSSR count). The van der Waals surface area contributed by atoms with Crippen LogP contribution in [0, 0.1) is 5.41 Å². The number of rotatable bonds is 6. The molecule has 1 saturated heterocycles. The van der Waals surface area contributed by atoms with Crippen molar-refractivity contribution >= 4 is 23.9 Å². The van der Waals surface area contributed by atoms with Gasteiger partial charge in [-0.25, -0.2) is 0 Å². The average Bonchev–Trinajstić information content (AvgIpc) is 2.63. The van der Waals surface area contributed by atoms with E-state index in [2.05, 4.69) is 5.32 Å². The van der Waals surface area contributed by atoms with Crippen molar-refractivity contribution in [2.24, 2.45) is 5.41 Å². The molecule has 0 aliphatic carbocycles. The van der Waals surface area contributed by atoms with Crippen molar-refractivity contribution in [2.45, 2.75) is 20.8 Å². The number of hydrogen-bond donors (Lipinski definition) is 1. The van der Waals surface area contributed by atoms with E-state index >= 15 is 0 Å². The van der Waals surface area contributed by atoms with Gasteiger partial charge in [-0.1, -0.05) is 0 Å². The fourth-order valence-electron chi connectivity index (χ4n) is 2.61. The van der Waals surface area contributed by atoms with Gasteiger partial charge in [0, 0.05) is 31.9 Å². The van der Waals surface area contributed by atoms with E-state index in [9.17, 15) is 14.4 Å². The summed E-state index contributed by atoms with van der Waals surface area (Å²) in [5.74, 6) is 0.129. The van der Waals surface area contributed by atoms with Gasteiger partial charge in [0.2, 0.25) is 18.2 Å². The minimum atomic E-state index is -1.19. The first-order valence-corrected chi connectivity index (χ1v) is 8.41. The second kappa shape index (κ2) is 8.00. The standard InChI is InChI=1S/C18H25N3O4/c1-4-25-15-7-5-14(6-8-15)19-16(23)18(2,3)17(24)21-11-9-20(13-22)10-12-21/h5-8,13H,4,9-12H2,1-3H3,(H,19,23). The lowest BCUT2D eigenvalue weighted by Gasteiger charge is -2.36. The number of hydrogen-bond acceptors (Lipinski definition) is 4. The maximum Gasteiger partial charge on any atom is 0.239 e. The summed E-state index contributed by atoms with van der Waals surface area (Å²) in [6.45, 7) is 7.58. The molecule has 1 aromatic rings. The van der Waals surface area contributed by atoms with Gasteiger partial charge >= 0.3 is 0 Å². The summed E-state index contributed by atoms with van der Waals surface area (Å²) in [5.41, 5.74) is -0.581. The lowest BCUT2D eigenvalue weighted by atomic mass is 9.89. The quantitative estimate of drug-likeness (QED) is 0.622. The van der Waals surface area contributed by atoms with Gasteiger partial charge in [-0.15, -0.1) is 0 Å². The molecule has 0 aromatic heterocycles. The SMILES string of the molecule is CCOc1ccc(NC(=O)C(C)(C)C(=O)N2CCN(C=O)CC2)cc1. The highest BCUT2D eigenvalue weighted by molar-refractivity contribution is 6.09. The minimum Gasteiger partial charge on any atom is -0.494 e. The Morgan fingerprint density at radius 2 is 1.76 bits per heavy atom. The number of carbonyl (C=O) groups is 3. The Morgan fingerprint density at radius 1 is 1.16 bits per heavy atom. The Balaban J connectivity index is 1.98. The normalized spacial score (nSPS) is 14.8. The molecule has 3 amide bonds. The van der Waals surface area contributed by atoms with Gasteiger partial charge in [0.25, 0.3) is 0 Å². The van der Waals surface area contributed by atoms with Crippen molar-refractivity contribution in [3.63, 3.8) is 0 Å². The summed E-state index contributed by atoms with van der Waals surface area (Å²) in [6, 6.07) is 7.03. The number of anilines is 1. The molecule has 1 heterocycles. The van der Waals surface area contributed by atoms with Gasteiger partial charge in [0.05, 0.1) is 6.61 Å². The Bertz CT molecular complexity index is 620. The van der Waals surface area contributed by atoms with Crippen LogP contribution in [-0.2, 0) is 14.4 Å². The fraction of sp³-hybridized carbons (Fsp3) is 0.500. The van der Waals surface area contributed by atoms with Crippen molar-refractivity contribution in [2.75, 3.05) is 38.1 Å². The summed E-state index contributed by atoms with van der Waals surface area (Å²) >= 11 is 0. The first kappa shape index (κ1) is 18.8. The van der Waals surface area contributed by atoms with Crippen molar-refractivity contribution in [1.82, 2.24) is 9.80 Å². The van der Waals surface area contributed by atoms with E-state index in [4.69, 9.17) is 4.74 Å². The molecule has 1 fully saturated rings. The highest BCUT2D eigenvalue weighted by atomic mass is 16.5. The van der Waals surface area contributed by atoms with Crippen LogP contribution in [0.1, 0.15) is 20.8 Å².